The highest BCUT2D eigenvalue weighted by Gasteiger charge is 2.30. The molecule has 0 aliphatic heterocycles. The van der Waals surface area contributed by atoms with Crippen molar-refractivity contribution in [3.8, 4) is 0 Å². The van der Waals surface area contributed by atoms with E-state index in [0.29, 0.717) is 25.7 Å². The number of aliphatic hydroxyl groups is 1. The molecule has 0 fully saturated rings. The Morgan fingerprint density at radius 1 is 0.273 bits per heavy atom. The monoisotopic (exact) mass is 1450 g/mol. The van der Waals surface area contributed by atoms with Crippen molar-refractivity contribution >= 4 is 39.5 Å². The molecule has 0 saturated carbocycles. The molecule has 2 unspecified atom stereocenters. The van der Waals surface area contributed by atoms with Gasteiger partial charge in [-0.15, -0.1) is 0 Å². The average Bonchev–Trinajstić information content (AvgIpc) is 1.29. The summed E-state index contributed by atoms with van der Waals surface area (Å²) in [5.41, 5.74) is 0. The van der Waals surface area contributed by atoms with Gasteiger partial charge in [0.25, 0.3) is 0 Å². The smallest absolute Gasteiger partial charge is 0.462 e. The first-order valence-electron chi connectivity index (χ1n) is 41.5. The predicted octanol–water partition coefficient (Wildman–Crippen LogP) is 23.9. The topological polar surface area (TPSA) is 237 Å². The van der Waals surface area contributed by atoms with E-state index in [-0.39, 0.29) is 25.7 Å². The maximum Gasteiger partial charge on any atom is 0.472 e. The molecule has 0 rings (SSSR count). The van der Waals surface area contributed by atoms with Gasteiger partial charge >= 0.3 is 39.5 Å². The van der Waals surface area contributed by atoms with Crippen molar-refractivity contribution in [1.82, 2.24) is 0 Å². The van der Waals surface area contributed by atoms with Gasteiger partial charge < -0.3 is 33.8 Å². The Morgan fingerprint density at radius 3 is 0.687 bits per heavy atom. The molecule has 0 radical (unpaired) electrons. The van der Waals surface area contributed by atoms with Gasteiger partial charge in [0.05, 0.1) is 26.4 Å². The van der Waals surface area contributed by atoms with Gasteiger partial charge in [-0.05, 0) is 37.5 Å². The van der Waals surface area contributed by atoms with E-state index in [0.717, 1.165) is 102 Å². The summed E-state index contributed by atoms with van der Waals surface area (Å²) in [6.07, 6.45) is 60.9. The van der Waals surface area contributed by atoms with Crippen molar-refractivity contribution in [1.29, 1.82) is 0 Å². The zero-order chi connectivity index (χ0) is 72.8. The Morgan fingerprint density at radius 2 is 0.465 bits per heavy atom. The van der Waals surface area contributed by atoms with Crippen LogP contribution in [0.25, 0.3) is 0 Å². The Labute approximate surface area is 607 Å². The van der Waals surface area contributed by atoms with Crippen LogP contribution in [0.5, 0.6) is 0 Å². The highest BCUT2D eigenvalue weighted by atomic mass is 31.2. The Balaban J connectivity index is 5.25. The first kappa shape index (κ1) is 97.1. The zero-order valence-corrected chi connectivity index (χ0v) is 66.6. The summed E-state index contributed by atoms with van der Waals surface area (Å²) >= 11 is 0. The van der Waals surface area contributed by atoms with E-state index in [1.807, 2.05) is 0 Å². The molecule has 0 spiro atoms. The molecule has 0 aromatic heterocycles. The number of rotatable bonds is 79. The lowest BCUT2D eigenvalue weighted by Crippen LogP contribution is -2.30. The van der Waals surface area contributed by atoms with E-state index in [1.54, 1.807) is 0 Å². The predicted molar refractivity (Wildman–Crippen MR) is 405 cm³/mol. The van der Waals surface area contributed by atoms with Crippen molar-refractivity contribution in [2.75, 3.05) is 39.6 Å². The molecule has 99 heavy (non-hydrogen) atoms. The maximum absolute atomic E-state index is 13.1. The third-order valence-corrected chi connectivity index (χ3v) is 20.6. The SMILES string of the molecule is CCCCCCCCCCCCCCCC(=O)O[C@H](COC(=O)CCCCCCCCCCCCCC)COP(=O)(O)OC[C@H](O)COP(=O)(O)OC[C@@H](COC(=O)CCCCCCCCCCCCCCC(C)C)OC(=O)CCCCCCCCCCCCCCCCCCC(C)C. The second-order valence-corrected chi connectivity index (χ2v) is 32.7. The third-order valence-electron chi connectivity index (χ3n) is 18.7. The van der Waals surface area contributed by atoms with Crippen LogP contribution in [0.4, 0.5) is 0 Å². The molecule has 19 heteroatoms. The summed E-state index contributed by atoms with van der Waals surface area (Å²) in [5.74, 6) is -0.516. The van der Waals surface area contributed by atoms with E-state index in [2.05, 4.69) is 41.5 Å². The molecule has 0 saturated heterocycles. The van der Waals surface area contributed by atoms with Gasteiger partial charge in [0.1, 0.15) is 19.3 Å². The molecular formula is C80H156O17P2. The third kappa shape index (κ3) is 74.1. The lowest BCUT2D eigenvalue weighted by molar-refractivity contribution is -0.161. The average molecular weight is 1450 g/mol. The quantitative estimate of drug-likeness (QED) is 0.0222. The van der Waals surface area contributed by atoms with Crippen LogP contribution in [0.2, 0.25) is 0 Å². The molecule has 0 aliphatic carbocycles. The van der Waals surface area contributed by atoms with Crippen molar-refractivity contribution in [2.24, 2.45) is 11.8 Å². The number of carbonyl (C=O) groups is 4. The van der Waals surface area contributed by atoms with E-state index in [4.69, 9.17) is 37.0 Å². The van der Waals surface area contributed by atoms with Gasteiger partial charge in [-0.25, -0.2) is 9.13 Å². The second kappa shape index (κ2) is 71.7. The van der Waals surface area contributed by atoms with Gasteiger partial charge in [0, 0.05) is 25.7 Å². The van der Waals surface area contributed by atoms with Crippen molar-refractivity contribution in [3.05, 3.63) is 0 Å². The fourth-order valence-electron chi connectivity index (χ4n) is 12.4. The number of ether oxygens (including phenoxy) is 4. The normalized spacial score (nSPS) is 13.9. The lowest BCUT2D eigenvalue weighted by Gasteiger charge is -2.21. The van der Waals surface area contributed by atoms with Crippen LogP contribution in [0, 0.1) is 11.8 Å². The van der Waals surface area contributed by atoms with Gasteiger partial charge in [-0.1, -0.05) is 369 Å². The number of unbranched alkanes of at least 4 members (excludes halogenated alkanes) is 49. The van der Waals surface area contributed by atoms with Gasteiger partial charge in [0.2, 0.25) is 0 Å². The molecule has 588 valence electrons. The van der Waals surface area contributed by atoms with Crippen LogP contribution >= 0.6 is 15.6 Å². The van der Waals surface area contributed by atoms with Crippen LogP contribution in [-0.2, 0) is 65.4 Å². The molecular weight excluding hydrogens is 1290 g/mol. The molecule has 0 amide bonds. The van der Waals surface area contributed by atoms with Crippen LogP contribution in [0.1, 0.15) is 420 Å². The summed E-state index contributed by atoms with van der Waals surface area (Å²) in [4.78, 5) is 73.0. The standard InChI is InChI=1S/C80H156O17P2/c1-7-9-11-13-15-17-19-25-34-40-46-52-58-64-79(84)96-75(68-90-77(82)62-56-50-44-38-32-20-18-16-14-12-10-8-2)70-94-98(86,87)92-66-74(81)67-93-99(88,89)95-71-76(69-91-78(83)63-57-51-45-39-33-29-28-31-37-43-49-55-61-73(5)6)97-80(85)65-59-53-47-41-35-27-24-22-21-23-26-30-36-42-48-54-60-72(3)4/h72-76,81H,7-71H2,1-6H3,(H,86,87)(H,88,89)/t74-,75+,76+/m0/s1. The van der Waals surface area contributed by atoms with Gasteiger partial charge in [0.15, 0.2) is 12.2 Å². The molecule has 3 N–H and O–H groups in total. The fraction of sp³-hybridized carbons (Fsp3) is 0.950. The number of phosphoric ester groups is 2. The first-order valence-corrected chi connectivity index (χ1v) is 44.5. The molecule has 0 heterocycles. The molecule has 0 aromatic carbocycles. The Hall–Kier alpha value is -1.94. The van der Waals surface area contributed by atoms with E-state index >= 15 is 0 Å². The molecule has 0 aromatic rings. The lowest BCUT2D eigenvalue weighted by atomic mass is 10.0. The van der Waals surface area contributed by atoms with Gasteiger partial charge in [-0.3, -0.25) is 37.3 Å². The summed E-state index contributed by atoms with van der Waals surface area (Å²) in [5, 5.41) is 10.6. The molecule has 0 bridgehead atoms. The number of phosphoric acid groups is 2. The van der Waals surface area contributed by atoms with E-state index in [1.165, 1.54) is 238 Å². The number of hydrogen-bond donors (Lipinski definition) is 3. The van der Waals surface area contributed by atoms with Gasteiger partial charge in [-0.2, -0.15) is 0 Å². The zero-order valence-electron chi connectivity index (χ0n) is 64.8. The van der Waals surface area contributed by atoms with E-state index < -0.39 is 97.5 Å². The second-order valence-electron chi connectivity index (χ2n) is 29.8. The largest absolute Gasteiger partial charge is 0.472 e. The number of esters is 4. The van der Waals surface area contributed by atoms with Crippen molar-refractivity contribution < 1.29 is 80.2 Å². The van der Waals surface area contributed by atoms with E-state index in [9.17, 15) is 43.2 Å². The number of aliphatic hydroxyl groups excluding tert-OH is 1. The van der Waals surface area contributed by atoms with Crippen LogP contribution in [-0.4, -0.2) is 96.7 Å². The minimum Gasteiger partial charge on any atom is -0.462 e. The summed E-state index contributed by atoms with van der Waals surface area (Å²) in [6, 6.07) is 0. The van der Waals surface area contributed by atoms with Crippen molar-refractivity contribution in [3.63, 3.8) is 0 Å². The highest BCUT2D eigenvalue weighted by Crippen LogP contribution is 2.45. The summed E-state index contributed by atoms with van der Waals surface area (Å²) in [7, 11) is -9.92. The van der Waals surface area contributed by atoms with Crippen LogP contribution < -0.4 is 0 Å². The number of carbonyl (C=O) groups excluding carboxylic acids is 4. The maximum atomic E-state index is 13.1. The Bertz CT molecular complexity index is 1910. The first-order chi connectivity index (χ1) is 47.9. The van der Waals surface area contributed by atoms with Crippen LogP contribution in [0.15, 0.2) is 0 Å². The molecule has 5 atom stereocenters. The minimum atomic E-state index is -4.96. The minimum absolute atomic E-state index is 0.108. The Kier molecular flexibility index (Phi) is 70.3. The summed E-state index contributed by atoms with van der Waals surface area (Å²) in [6.45, 7) is 9.68. The summed E-state index contributed by atoms with van der Waals surface area (Å²) < 4.78 is 68.7. The fourth-order valence-corrected chi connectivity index (χ4v) is 13.9. The highest BCUT2D eigenvalue weighted by molar-refractivity contribution is 7.47. The molecule has 17 nitrogen and oxygen atoms in total. The number of hydrogen-bond acceptors (Lipinski definition) is 15. The van der Waals surface area contributed by atoms with Crippen molar-refractivity contribution in [2.45, 2.75) is 439 Å². The van der Waals surface area contributed by atoms with Crippen LogP contribution in [0.3, 0.4) is 0 Å². The molecule has 0 aliphatic rings.